The van der Waals surface area contributed by atoms with Crippen molar-refractivity contribution in [2.24, 2.45) is 5.92 Å². The van der Waals surface area contributed by atoms with Crippen molar-refractivity contribution in [1.29, 1.82) is 0 Å². The number of aryl methyl sites for hydroxylation is 1. The molecule has 0 aliphatic carbocycles. The van der Waals surface area contributed by atoms with Crippen LogP contribution in [-0.2, 0) is 13.1 Å². The van der Waals surface area contributed by atoms with Gasteiger partial charge in [-0.2, -0.15) is 5.10 Å². The summed E-state index contributed by atoms with van der Waals surface area (Å²) in [5.41, 5.74) is 2.50. The summed E-state index contributed by atoms with van der Waals surface area (Å²) in [6.07, 6.45) is 0. The lowest BCUT2D eigenvalue weighted by atomic mass is 10.1. The normalized spacial score (nSPS) is 11.1. The van der Waals surface area contributed by atoms with Crippen LogP contribution >= 0.6 is 11.6 Å². The molecule has 0 unspecified atom stereocenters. The summed E-state index contributed by atoms with van der Waals surface area (Å²) in [4.78, 5) is 12.6. The minimum atomic E-state index is -0.419. The molecule has 3 aromatic rings. The maximum Gasteiger partial charge on any atom is 0.256 e. The second kappa shape index (κ2) is 11.3. The van der Waals surface area contributed by atoms with Crippen molar-refractivity contribution in [2.45, 2.75) is 40.8 Å². The highest BCUT2D eigenvalue weighted by Gasteiger charge is 2.14. The number of carbonyl (C=O) groups excluding carboxylic acids is 1. The summed E-state index contributed by atoms with van der Waals surface area (Å²) in [6.45, 7) is 10.2. The molecule has 2 aromatic carbocycles. The first-order valence-corrected chi connectivity index (χ1v) is 11.4. The third-order valence-corrected chi connectivity index (χ3v) is 5.25. The van der Waals surface area contributed by atoms with Crippen LogP contribution in [0.4, 0.5) is 10.2 Å². The van der Waals surface area contributed by atoms with Crippen LogP contribution in [0.15, 0.2) is 42.5 Å². The number of carbonyl (C=O) groups is 1. The Bertz CT molecular complexity index is 1110. The first-order chi connectivity index (χ1) is 15.8. The number of amides is 1. The molecule has 0 aliphatic rings. The Morgan fingerprint density at radius 1 is 1.18 bits per heavy atom. The van der Waals surface area contributed by atoms with Crippen LogP contribution < -0.4 is 15.4 Å². The number of halogens is 2. The second-order valence-electron chi connectivity index (χ2n) is 8.33. The van der Waals surface area contributed by atoms with E-state index in [1.54, 1.807) is 28.9 Å². The molecule has 0 fully saturated rings. The summed E-state index contributed by atoms with van der Waals surface area (Å²) < 4.78 is 22.0. The molecule has 1 aromatic heterocycles. The van der Waals surface area contributed by atoms with E-state index in [-0.39, 0.29) is 5.56 Å². The maximum atomic E-state index is 14.3. The fourth-order valence-corrected chi connectivity index (χ4v) is 3.44. The van der Waals surface area contributed by atoms with Crippen LogP contribution in [0, 0.1) is 18.7 Å². The number of benzene rings is 2. The van der Waals surface area contributed by atoms with Crippen LogP contribution in [0.2, 0.25) is 5.02 Å². The van der Waals surface area contributed by atoms with Gasteiger partial charge < -0.3 is 15.4 Å². The molecule has 33 heavy (non-hydrogen) atoms. The summed E-state index contributed by atoms with van der Waals surface area (Å²) >= 11 is 6.20. The van der Waals surface area contributed by atoms with Gasteiger partial charge in [0, 0.05) is 40.0 Å². The predicted molar refractivity (Wildman–Crippen MR) is 130 cm³/mol. The van der Waals surface area contributed by atoms with Gasteiger partial charge in [0.2, 0.25) is 0 Å². The van der Waals surface area contributed by atoms with Crippen molar-refractivity contribution >= 4 is 23.3 Å². The van der Waals surface area contributed by atoms with Gasteiger partial charge in [-0.25, -0.2) is 4.39 Å². The number of hydrogen-bond acceptors (Lipinski definition) is 4. The predicted octanol–water partition coefficient (Wildman–Crippen LogP) is 5.43. The lowest BCUT2D eigenvalue weighted by Crippen LogP contribution is -2.16. The van der Waals surface area contributed by atoms with Crippen molar-refractivity contribution < 1.29 is 13.9 Å². The Labute approximate surface area is 199 Å². The molecule has 6 nitrogen and oxygen atoms in total. The molecule has 176 valence electrons. The molecule has 0 spiro atoms. The standard InChI is InChI=1S/C25H30ClFN4O2/c1-5-28-13-19-7-6-18(12-22(19)27)25(32)29-24-10-17(4)31(30-24)14-20-11-21(26)8-9-23(20)33-15-16(2)3/h6-12,16,28H,5,13-15H2,1-4H3,(H,29,30,32). The Morgan fingerprint density at radius 2 is 1.97 bits per heavy atom. The maximum absolute atomic E-state index is 14.3. The number of nitrogens with zero attached hydrogens (tertiary/aromatic N) is 2. The highest BCUT2D eigenvalue weighted by molar-refractivity contribution is 6.30. The topological polar surface area (TPSA) is 68.2 Å². The van der Waals surface area contributed by atoms with Gasteiger partial charge in [0.15, 0.2) is 5.82 Å². The van der Waals surface area contributed by atoms with Crippen molar-refractivity contribution in [1.82, 2.24) is 15.1 Å². The Kier molecular flexibility index (Phi) is 8.47. The zero-order chi connectivity index (χ0) is 24.0. The largest absolute Gasteiger partial charge is 0.493 e. The zero-order valence-electron chi connectivity index (χ0n) is 19.4. The molecule has 1 amide bonds. The summed E-state index contributed by atoms with van der Waals surface area (Å²) in [6, 6.07) is 11.8. The molecule has 3 rings (SSSR count). The highest BCUT2D eigenvalue weighted by Crippen LogP contribution is 2.25. The van der Waals surface area contributed by atoms with Crippen molar-refractivity contribution in [3.8, 4) is 5.75 Å². The smallest absolute Gasteiger partial charge is 0.256 e. The molecular weight excluding hydrogens is 443 g/mol. The molecular formula is C25H30ClFN4O2. The first kappa shape index (κ1) is 24.7. The summed E-state index contributed by atoms with van der Waals surface area (Å²) in [5, 5.41) is 10.9. The molecule has 0 atom stereocenters. The first-order valence-electron chi connectivity index (χ1n) is 11.0. The molecule has 0 saturated heterocycles. The van der Waals surface area contributed by atoms with Gasteiger partial charge in [-0.15, -0.1) is 0 Å². The van der Waals surface area contributed by atoms with E-state index in [0.717, 1.165) is 23.6 Å². The van der Waals surface area contributed by atoms with Crippen LogP contribution in [-0.4, -0.2) is 28.8 Å². The van der Waals surface area contributed by atoms with Gasteiger partial charge >= 0.3 is 0 Å². The van der Waals surface area contributed by atoms with E-state index < -0.39 is 11.7 Å². The molecule has 0 bridgehead atoms. The van der Waals surface area contributed by atoms with Crippen LogP contribution in [0.3, 0.4) is 0 Å². The average Bonchev–Trinajstić information content (AvgIpc) is 3.10. The molecule has 1 heterocycles. The van der Waals surface area contributed by atoms with E-state index in [4.69, 9.17) is 16.3 Å². The van der Waals surface area contributed by atoms with Crippen LogP contribution in [0.25, 0.3) is 0 Å². The molecule has 0 saturated carbocycles. The van der Waals surface area contributed by atoms with Crippen LogP contribution in [0.5, 0.6) is 5.75 Å². The van der Waals surface area contributed by atoms with E-state index in [9.17, 15) is 9.18 Å². The monoisotopic (exact) mass is 472 g/mol. The number of ether oxygens (including phenoxy) is 1. The Hall–Kier alpha value is -2.90. The van der Waals surface area contributed by atoms with Gasteiger partial charge in [0.25, 0.3) is 5.91 Å². The molecule has 0 aliphatic heterocycles. The van der Waals surface area contributed by atoms with E-state index in [1.807, 2.05) is 26.0 Å². The summed E-state index contributed by atoms with van der Waals surface area (Å²) in [5.74, 6) is 0.698. The van der Waals surface area contributed by atoms with Gasteiger partial charge in [-0.05, 0) is 49.7 Å². The van der Waals surface area contributed by atoms with E-state index in [0.29, 0.717) is 42.0 Å². The average molecular weight is 473 g/mol. The SMILES string of the molecule is CCNCc1ccc(C(=O)Nc2cc(C)n(Cc3cc(Cl)ccc3OCC(C)C)n2)cc1F. The lowest BCUT2D eigenvalue weighted by Gasteiger charge is -2.14. The third kappa shape index (κ3) is 6.79. The van der Waals surface area contributed by atoms with Crippen LogP contribution in [0.1, 0.15) is 48.0 Å². The van der Waals surface area contributed by atoms with Crippen molar-refractivity contribution in [3.63, 3.8) is 0 Å². The van der Waals surface area contributed by atoms with Crippen molar-refractivity contribution in [3.05, 3.63) is 75.7 Å². The van der Waals surface area contributed by atoms with Crippen molar-refractivity contribution in [2.75, 3.05) is 18.5 Å². The lowest BCUT2D eigenvalue weighted by molar-refractivity contribution is 0.102. The molecule has 2 N–H and O–H groups in total. The zero-order valence-corrected chi connectivity index (χ0v) is 20.2. The van der Waals surface area contributed by atoms with Gasteiger partial charge in [0.05, 0.1) is 13.2 Å². The van der Waals surface area contributed by atoms with Gasteiger partial charge in [-0.3, -0.25) is 9.48 Å². The minimum absolute atomic E-state index is 0.235. The van der Waals surface area contributed by atoms with Gasteiger partial charge in [-0.1, -0.05) is 38.4 Å². The van der Waals surface area contributed by atoms with Gasteiger partial charge in [0.1, 0.15) is 11.6 Å². The fraction of sp³-hybridized carbons (Fsp3) is 0.360. The van der Waals surface area contributed by atoms with E-state index >= 15 is 0 Å². The summed E-state index contributed by atoms with van der Waals surface area (Å²) in [7, 11) is 0. The third-order valence-electron chi connectivity index (χ3n) is 5.02. The second-order valence-corrected chi connectivity index (χ2v) is 8.76. The number of rotatable bonds is 10. The fourth-order valence-electron chi connectivity index (χ4n) is 3.24. The Balaban J connectivity index is 1.73. The highest BCUT2D eigenvalue weighted by atomic mass is 35.5. The number of aromatic nitrogens is 2. The quantitative estimate of drug-likeness (QED) is 0.413. The number of hydrogen-bond donors (Lipinski definition) is 2. The molecule has 0 radical (unpaired) electrons. The number of nitrogens with one attached hydrogen (secondary N) is 2. The van der Waals surface area contributed by atoms with E-state index in [1.165, 1.54) is 6.07 Å². The van der Waals surface area contributed by atoms with E-state index in [2.05, 4.69) is 29.6 Å². The number of anilines is 1. The Morgan fingerprint density at radius 3 is 2.67 bits per heavy atom. The minimum Gasteiger partial charge on any atom is -0.493 e. The molecule has 8 heteroatoms.